The van der Waals surface area contributed by atoms with E-state index in [-0.39, 0.29) is 45.2 Å². The fourth-order valence-corrected chi connectivity index (χ4v) is 0.534. The fourth-order valence-electron chi connectivity index (χ4n) is 0.534. The topological polar surface area (TPSA) is 0 Å². The molecule has 0 radical (unpaired) electrons. The molecule has 0 aromatic heterocycles. The summed E-state index contributed by atoms with van der Waals surface area (Å²) >= 11 is 0. The Balaban J connectivity index is -0.000000149. The van der Waals surface area contributed by atoms with Gasteiger partial charge in [-0.25, -0.2) is 0 Å². The van der Waals surface area contributed by atoms with Crippen molar-refractivity contribution in [3.63, 3.8) is 0 Å². The van der Waals surface area contributed by atoms with Crippen LogP contribution in [0.1, 0.15) is 26.8 Å². The summed E-state index contributed by atoms with van der Waals surface area (Å²) in [5.74, 6) is 0. The molecule has 11 heavy (non-hydrogen) atoms. The van der Waals surface area contributed by atoms with Gasteiger partial charge < -0.3 is 0 Å². The van der Waals surface area contributed by atoms with Gasteiger partial charge >= 0.3 is 0 Å². The first-order chi connectivity index (χ1) is 4.39. The average Bonchev–Trinajstić information content (AvgIpc) is 1.94. The Hall–Kier alpha value is 0.480. The molecule has 0 nitrogen and oxygen atoms in total. The van der Waals surface area contributed by atoms with E-state index >= 15 is 0 Å². The van der Waals surface area contributed by atoms with Crippen LogP contribution in [0, 0.1) is 44.7 Å². The third kappa shape index (κ3) is 10.5. The first kappa shape index (κ1) is 17.5. The normalized spacial score (nSPS) is 6.09. The number of benzene rings is 1. The zero-order valence-electron chi connectivity index (χ0n) is 6.74. The molecular weight excluding hydrogens is 160 g/mol. The molecule has 1 aromatic carbocycles. The summed E-state index contributed by atoms with van der Waals surface area (Å²) < 4.78 is 0. The molecule has 1 rings (SSSR count). The number of hydrogen-bond acceptors (Lipinski definition) is 0. The van der Waals surface area contributed by atoms with Crippen molar-refractivity contribution >= 4 is 0 Å². The van der Waals surface area contributed by atoms with Gasteiger partial charge in [0.1, 0.15) is 0 Å². The van der Waals surface area contributed by atoms with Crippen molar-refractivity contribution in [2.45, 2.75) is 28.2 Å². The first-order valence-corrected chi connectivity index (χ1v) is 3.41. The SMILES string of the molecule is C.CC.Cc1ccccc1.[Ar]. The van der Waals surface area contributed by atoms with Crippen LogP contribution >= 0.6 is 0 Å². The molecule has 0 atom stereocenters. The fraction of sp³-hybridized carbons (Fsp3) is 0.400. The third-order valence-electron chi connectivity index (χ3n) is 0.940. The second-order valence-corrected chi connectivity index (χ2v) is 1.65. The van der Waals surface area contributed by atoms with Gasteiger partial charge in [-0.3, -0.25) is 0 Å². The monoisotopic (exact) mass is 178 g/mol. The summed E-state index contributed by atoms with van der Waals surface area (Å²) in [6, 6.07) is 10.3. The van der Waals surface area contributed by atoms with E-state index in [0.717, 1.165) is 0 Å². The molecule has 0 spiro atoms. The third-order valence-corrected chi connectivity index (χ3v) is 0.940. The Morgan fingerprint density at radius 3 is 1.45 bits per heavy atom. The van der Waals surface area contributed by atoms with E-state index in [9.17, 15) is 0 Å². The predicted octanol–water partition coefficient (Wildman–Crippen LogP) is 3.66. The summed E-state index contributed by atoms with van der Waals surface area (Å²) in [6.45, 7) is 6.08. The Bertz CT molecular complexity index is 135. The Labute approximate surface area is 101 Å². The molecule has 0 heterocycles. The molecule has 0 bridgehead atoms. The second kappa shape index (κ2) is 13.1. The Morgan fingerprint density at radius 2 is 1.27 bits per heavy atom. The molecule has 0 saturated carbocycles. The quantitative estimate of drug-likeness (QED) is 0.568. The summed E-state index contributed by atoms with van der Waals surface area (Å²) in [5, 5.41) is 0. The van der Waals surface area contributed by atoms with Gasteiger partial charge in [0.25, 0.3) is 0 Å². The molecule has 0 aliphatic heterocycles. The van der Waals surface area contributed by atoms with Crippen molar-refractivity contribution in [1.82, 2.24) is 0 Å². The zero-order chi connectivity index (χ0) is 7.11. The van der Waals surface area contributed by atoms with Crippen molar-refractivity contribution < 1.29 is 37.7 Å². The maximum absolute atomic E-state index is 2.08. The van der Waals surface area contributed by atoms with Crippen LogP contribution in [0.25, 0.3) is 0 Å². The summed E-state index contributed by atoms with van der Waals surface area (Å²) in [7, 11) is 0. The molecule has 0 unspecified atom stereocenters. The van der Waals surface area contributed by atoms with Gasteiger partial charge in [0.05, 0.1) is 0 Å². The van der Waals surface area contributed by atoms with Crippen LogP contribution in [0.3, 0.4) is 0 Å². The summed E-state index contributed by atoms with van der Waals surface area (Å²) in [4.78, 5) is 0. The van der Waals surface area contributed by atoms with E-state index in [0.29, 0.717) is 0 Å². The van der Waals surface area contributed by atoms with Crippen molar-refractivity contribution in [1.29, 1.82) is 0 Å². The molecule has 1 aromatic rings. The number of aryl methyl sites for hydroxylation is 1. The average molecular weight is 178 g/mol. The van der Waals surface area contributed by atoms with Crippen LogP contribution in [0.15, 0.2) is 30.3 Å². The smallest absolute Gasteiger partial charge is 0 e. The van der Waals surface area contributed by atoms with Crippen LogP contribution in [0.5, 0.6) is 0 Å². The van der Waals surface area contributed by atoms with E-state index in [4.69, 9.17) is 0 Å². The minimum atomic E-state index is 0. The summed E-state index contributed by atoms with van der Waals surface area (Å²) in [5.41, 5.74) is 1.32. The van der Waals surface area contributed by atoms with Gasteiger partial charge in [0.15, 0.2) is 0 Å². The second-order valence-electron chi connectivity index (χ2n) is 1.65. The van der Waals surface area contributed by atoms with Crippen LogP contribution in [0.2, 0.25) is 0 Å². The van der Waals surface area contributed by atoms with Crippen LogP contribution in [0.4, 0.5) is 0 Å². The van der Waals surface area contributed by atoms with Crippen molar-refractivity contribution in [2.75, 3.05) is 0 Å². The van der Waals surface area contributed by atoms with E-state index in [2.05, 4.69) is 19.1 Å². The molecule has 1 heteroatoms. The molecule has 0 aliphatic rings. The predicted molar refractivity (Wildman–Crippen MR) is 49.3 cm³/mol. The van der Waals surface area contributed by atoms with E-state index < -0.39 is 0 Å². The first-order valence-electron chi connectivity index (χ1n) is 3.41. The number of hydrogen-bond donors (Lipinski definition) is 0. The molecule has 0 N–H and O–H groups in total. The van der Waals surface area contributed by atoms with E-state index in [1.165, 1.54) is 5.56 Å². The molecule has 0 saturated heterocycles. The van der Waals surface area contributed by atoms with Gasteiger partial charge in [0.2, 0.25) is 0 Å². The van der Waals surface area contributed by atoms with E-state index in [1.54, 1.807) is 0 Å². The van der Waals surface area contributed by atoms with Crippen molar-refractivity contribution in [2.24, 2.45) is 0 Å². The maximum atomic E-state index is 2.08. The van der Waals surface area contributed by atoms with Crippen LogP contribution in [-0.4, -0.2) is 0 Å². The summed E-state index contributed by atoms with van der Waals surface area (Å²) in [6.07, 6.45) is 0. The van der Waals surface area contributed by atoms with Crippen LogP contribution in [-0.2, 0) is 0 Å². The molecule has 0 fully saturated rings. The van der Waals surface area contributed by atoms with Gasteiger partial charge in [0, 0.05) is 37.7 Å². The van der Waals surface area contributed by atoms with Crippen LogP contribution < -0.4 is 0 Å². The van der Waals surface area contributed by atoms with E-state index in [1.807, 2.05) is 32.0 Å². The van der Waals surface area contributed by atoms with Gasteiger partial charge in [-0.05, 0) is 6.92 Å². The van der Waals surface area contributed by atoms with Gasteiger partial charge in [-0.15, -0.1) is 0 Å². The minimum absolute atomic E-state index is 0. The van der Waals surface area contributed by atoms with Gasteiger partial charge in [-0.1, -0.05) is 57.2 Å². The zero-order valence-corrected chi connectivity index (χ0v) is 7.45. The molecule has 0 aliphatic carbocycles. The molecular formula is C10H18Ar. The molecule has 0 amide bonds. The molecule has 66 valence electrons. The maximum Gasteiger partial charge on any atom is 0 e. The van der Waals surface area contributed by atoms with Crippen molar-refractivity contribution in [3.8, 4) is 0 Å². The Kier molecular flexibility index (Phi) is 20.9. The minimum Gasteiger partial charge on any atom is -0.0776 e. The largest absolute Gasteiger partial charge is 0.0776 e. The standard InChI is InChI=1S/C7H8.C2H6.CH4.Ar/c1-7-5-3-2-4-6-7;1-2;;/h2-6H,1H3;1-2H3;1H4;. The Morgan fingerprint density at radius 1 is 0.909 bits per heavy atom. The van der Waals surface area contributed by atoms with Crippen molar-refractivity contribution in [3.05, 3.63) is 35.9 Å². The number of rotatable bonds is 0. The van der Waals surface area contributed by atoms with Gasteiger partial charge in [-0.2, -0.15) is 0 Å².